The normalized spacial score (nSPS) is 10.3. The first kappa shape index (κ1) is 26.8. The van der Waals surface area contributed by atoms with Gasteiger partial charge >= 0.3 is 23.9 Å². The molecule has 18 nitrogen and oxygen atoms in total. The molecule has 3 rings (SSSR count). The third-order valence-corrected chi connectivity index (χ3v) is 5.12. The molecule has 0 aliphatic carbocycles. The number of pyridine rings is 1. The van der Waals surface area contributed by atoms with E-state index >= 15 is 0 Å². The highest BCUT2D eigenvalue weighted by Gasteiger charge is 2.33. The molecule has 0 saturated heterocycles. The summed E-state index contributed by atoms with van der Waals surface area (Å²) in [6.07, 6.45) is 0. The number of azide groups is 1. The van der Waals surface area contributed by atoms with Crippen molar-refractivity contribution in [3.05, 3.63) is 43.3 Å². The van der Waals surface area contributed by atoms with E-state index in [0.717, 1.165) is 28.4 Å². The molecule has 0 aromatic carbocycles. The van der Waals surface area contributed by atoms with Gasteiger partial charge < -0.3 is 18.9 Å². The SMILES string of the molecule is COC(=O)c1nnn(-c2nc(-n3nnc(C(=O)OC)c3C(=O)OC)c(Cl)c(N=[N+]=[N-])c2Cl)c1C(=O)OC. The molecule has 192 valence electrons. The lowest BCUT2D eigenvalue weighted by Crippen LogP contribution is -2.19. The van der Waals surface area contributed by atoms with Gasteiger partial charge in [0.1, 0.15) is 0 Å². The number of esters is 4. The molecule has 0 unspecified atom stereocenters. The van der Waals surface area contributed by atoms with Crippen LogP contribution in [0.3, 0.4) is 0 Å². The molecule has 3 aromatic heterocycles. The molecule has 0 radical (unpaired) electrons. The average Bonchev–Trinajstić information content (AvgIpc) is 3.54. The molecule has 3 aromatic rings. The zero-order chi connectivity index (χ0) is 27.4. The highest BCUT2D eigenvalue weighted by molar-refractivity contribution is 6.40. The lowest BCUT2D eigenvalue weighted by Gasteiger charge is -2.14. The van der Waals surface area contributed by atoms with Gasteiger partial charge in [0, 0.05) is 4.91 Å². The Hall–Kier alpha value is -4.80. The number of carbonyl (C=O) groups excluding carboxylic acids is 4. The lowest BCUT2D eigenvalue weighted by molar-refractivity contribution is 0.0545. The quantitative estimate of drug-likeness (QED) is 0.133. The maximum absolute atomic E-state index is 12.5. The first-order valence-corrected chi connectivity index (χ1v) is 10.1. The zero-order valence-corrected chi connectivity index (χ0v) is 20.5. The number of hydrogen-bond donors (Lipinski definition) is 0. The molecule has 0 aliphatic heterocycles. The molecule has 0 aliphatic rings. The molecule has 0 fully saturated rings. The maximum Gasteiger partial charge on any atom is 0.361 e. The van der Waals surface area contributed by atoms with E-state index in [9.17, 15) is 19.2 Å². The Kier molecular flexibility index (Phi) is 7.86. The van der Waals surface area contributed by atoms with Crippen molar-refractivity contribution in [2.45, 2.75) is 0 Å². The molecule has 0 N–H and O–H groups in total. The minimum absolute atomic E-state index is 0.467. The van der Waals surface area contributed by atoms with E-state index in [2.05, 4.69) is 54.6 Å². The first-order chi connectivity index (χ1) is 17.7. The van der Waals surface area contributed by atoms with Crippen LogP contribution in [-0.2, 0) is 18.9 Å². The summed E-state index contributed by atoms with van der Waals surface area (Å²) >= 11 is 12.7. The number of rotatable bonds is 7. The Balaban J connectivity index is 2.46. The fraction of sp³-hybridized carbons (Fsp3) is 0.235. The summed E-state index contributed by atoms with van der Waals surface area (Å²) in [6, 6.07) is 0. The van der Waals surface area contributed by atoms with Gasteiger partial charge in [-0.25, -0.2) is 24.2 Å². The van der Waals surface area contributed by atoms with Gasteiger partial charge in [-0.2, -0.15) is 9.36 Å². The van der Waals surface area contributed by atoms with Crippen LogP contribution in [0.4, 0.5) is 5.69 Å². The van der Waals surface area contributed by atoms with Crippen LogP contribution in [0.2, 0.25) is 10.0 Å². The van der Waals surface area contributed by atoms with Gasteiger partial charge in [-0.05, 0) is 5.53 Å². The van der Waals surface area contributed by atoms with Crippen molar-refractivity contribution in [3.63, 3.8) is 0 Å². The molecule has 3 heterocycles. The Labute approximate surface area is 214 Å². The summed E-state index contributed by atoms with van der Waals surface area (Å²) in [5, 5.41) is 17.1. The molecule has 0 atom stereocenters. The largest absolute Gasteiger partial charge is 0.464 e. The summed E-state index contributed by atoms with van der Waals surface area (Å²) in [6.45, 7) is 0. The average molecular weight is 555 g/mol. The molecule has 0 spiro atoms. The monoisotopic (exact) mass is 554 g/mol. The van der Waals surface area contributed by atoms with E-state index in [4.69, 9.17) is 28.7 Å². The smallest absolute Gasteiger partial charge is 0.361 e. The number of methoxy groups -OCH3 is 4. The van der Waals surface area contributed by atoms with E-state index in [0.29, 0.717) is 9.36 Å². The zero-order valence-electron chi connectivity index (χ0n) is 19.0. The molecule has 0 saturated carbocycles. The van der Waals surface area contributed by atoms with E-state index in [1.807, 2.05) is 0 Å². The molecular formula is C17H12Cl2N10O8. The van der Waals surface area contributed by atoms with Gasteiger partial charge in [0.15, 0.2) is 23.0 Å². The van der Waals surface area contributed by atoms with Crippen LogP contribution >= 0.6 is 23.2 Å². The molecule has 0 amide bonds. The van der Waals surface area contributed by atoms with Crippen molar-refractivity contribution in [2.24, 2.45) is 5.11 Å². The van der Waals surface area contributed by atoms with Crippen molar-refractivity contribution in [2.75, 3.05) is 28.4 Å². The fourth-order valence-corrected chi connectivity index (χ4v) is 3.37. The Bertz CT molecular complexity index is 1390. The number of aromatic nitrogens is 7. The molecule has 37 heavy (non-hydrogen) atoms. The summed E-state index contributed by atoms with van der Waals surface area (Å²) in [7, 11) is 4.10. The van der Waals surface area contributed by atoms with E-state index < -0.39 is 74.0 Å². The minimum atomic E-state index is -1.10. The predicted octanol–water partition coefficient (Wildman–Crippen LogP) is 1.64. The summed E-state index contributed by atoms with van der Waals surface area (Å²) < 4.78 is 19.9. The highest BCUT2D eigenvalue weighted by Crippen LogP contribution is 2.40. The number of hydrogen-bond acceptors (Lipinski definition) is 14. The van der Waals surface area contributed by atoms with Crippen LogP contribution in [0, 0.1) is 0 Å². The van der Waals surface area contributed by atoms with Crippen LogP contribution in [0.15, 0.2) is 5.11 Å². The summed E-state index contributed by atoms with van der Waals surface area (Å²) in [5.74, 6) is -5.29. The second kappa shape index (κ2) is 10.9. The van der Waals surface area contributed by atoms with E-state index in [1.54, 1.807) is 0 Å². The number of nitrogens with zero attached hydrogens (tertiary/aromatic N) is 10. The van der Waals surface area contributed by atoms with Crippen molar-refractivity contribution in [3.8, 4) is 11.6 Å². The second-order valence-corrected chi connectivity index (χ2v) is 7.04. The fourth-order valence-electron chi connectivity index (χ4n) is 2.81. The van der Waals surface area contributed by atoms with Gasteiger partial charge in [-0.15, -0.1) is 10.2 Å². The van der Waals surface area contributed by atoms with Crippen LogP contribution in [0.5, 0.6) is 0 Å². The second-order valence-electron chi connectivity index (χ2n) is 6.29. The minimum Gasteiger partial charge on any atom is -0.464 e. The van der Waals surface area contributed by atoms with Crippen molar-refractivity contribution >= 4 is 52.8 Å². The molecule has 20 heteroatoms. The van der Waals surface area contributed by atoms with Gasteiger partial charge in [0.05, 0.1) is 44.2 Å². The lowest BCUT2D eigenvalue weighted by atomic mass is 10.3. The van der Waals surface area contributed by atoms with Crippen molar-refractivity contribution in [1.29, 1.82) is 0 Å². The Morgan fingerprint density at radius 2 is 1.14 bits per heavy atom. The van der Waals surface area contributed by atoms with Crippen LogP contribution < -0.4 is 0 Å². The third kappa shape index (κ3) is 4.58. The summed E-state index contributed by atoms with van der Waals surface area (Å²) in [5.41, 5.74) is 6.28. The Morgan fingerprint density at radius 3 is 1.46 bits per heavy atom. The number of halogens is 2. The van der Waals surface area contributed by atoms with E-state index in [-0.39, 0.29) is 0 Å². The van der Waals surface area contributed by atoms with Crippen LogP contribution in [0.25, 0.3) is 22.1 Å². The third-order valence-electron chi connectivity index (χ3n) is 4.42. The van der Waals surface area contributed by atoms with Gasteiger partial charge in [0.2, 0.25) is 11.4 Å². The van der Waals surface area contributed by atoms with Crippen LogP contribution in [0.1, 0.15) is 42.0 Å². The van der Waals surface area contributed by atoms with E-state index in [1.165, 1.54) is 0 Å². The maximum atomic E-state index is 12.5. The first-order valence-electron chi connectivity index (χ1n) is 9.36. The molecule has 0 bridgehead atoms. The van der Waals surface area contributed by atoms with Crippen molar-refractivity contribution in [1.82, 2.24) is 35.0 Å². The van der Waals surface area contributed by atoms with Crippen LogP contribution in [-0.4, -0.2) is 87.3 Å². The van der Waals surface area contributed by atoms with Gasteiger partial charge in [0.25, 0.3) is 0 Å². The standard InChI is InChI=1S/C17H12Cl2N10O8/c1-34-14(30)8-10(16(32)36-3)28(26-23-8)12-5(18)7(22-25-20)6(19)13(21-12)29-11(17(33)37-4)9(24-27-29)15(31)35-2/h1-4H3. The number of carbonyl (C=O) groups is 4. The summed E-state index contributed by atoms with van der Waals surface area (Å²) in [4.78, 5) is 56.1. The highest BCUT2D eigenvalue weighted by atomic mass is 35.5. The topological polar surface area (TPSA) is 228 Å². The predicted molar refractivity (Wildman–Crippen MR) is 118 cm³/mol. The molecular weight excluding hydrogens is 543 g/mol. The Morgan fingerprint density at radius 1 is 0.757 bits per heavy atom. The van der Waals surface area contributed by atoms with Gasteiger partial charge in [-0.3, -0.25) is 0 Å². The van der Waals surface area contributed by atoms with Crippen molar-refractivity contribution < 1.29 is 38.1 Å². The van der Waals surface area contributed by atoms with Gasteiger partial charge in [-0.1, -0.05) is 38.7 Å². The number of ether oxygens (including phenoxy) is 4.